The first kappa shape index (κ1) is 25.4. The van der Waals surface area contributed by atoms with Crippen LogP contribution in [0.25, 0.3) is 11.1 Å². The highest BCUT2D eigenvalue weighted by Crippen LogP contribution is 2.42. The van der Waals surface area contributed by atoms with Gasteiger partial charge in [0.25, 0.3) is 0 Å². The largest absolute Gasteiger partial charge is 0.372 e. The monoisotopic (exact) mass is 459 g/mol. The molecule has 1 nitrogen and oxygen atoms in total. The summed E-state index contributed by atoms with van der Waals surface area (Å²) in [4.78, 5) is 2.44. The van der Waals surface area contributed by atoms with Crippen molar-refractivity contribution in [3.05, 3.63) is 88.0 Å². The first-order valence-corrected chi connectivity index (χ1v) is 14.0. The lowest BCUT2D eigenvalue weighted by Crippen LogP contribution is -2.22. The van der Waals surface area contributed by atoms with E-state index in [9.17, 15) is 0 Å². The van der Waals surface area contributed by atoms with Gasteiger partial charge >= 0.3 is 0 Å². The number of nitrogens with zero attached hydrogens (tertiary/aromatic N) is 1. The Bertz CT molecular complexity index is 1050. The van der Waals surface area contributed by atoms with Gasteiger partial charge in [0.05, 0.1) is 0 Å². The van der Waals surface area contributed by atoms with E-state index in [0.29, 0.717) is 0 Å². The van der Waals surface area contributed by atoms with E-state index in [4.69, 9.17) is 0 Å². The van der Waals surface area contributed by atoms with Gasteiger partial charge in [0.15, 0.2) is 0 Å². The van der Waals surface area contributed by atoms with Crippen LogP contribution in [0.2, 0.25) is 0 Å². The fourth-order valence-corrected chi connectivity index (χ4v) is 5.41. The quantitative estimate of drug-likeness (QED) is 0.350. The standard InChI is InChI=1S/C31H41NS/c1-8-12-25-20-26-21-27(32(10-3)11-4)14-16-28(26)31(23(25)6)29-15-13-24(9-2)19-30(29)22(5)17-18-33-7/h12-16,19,21H,5,8-11,17-18,20H2,1-4,6-7H3/b25-12+. The zero-order chi connectivity index (χ0) is 24.0. The molecule has 0 heterocycles. The summed E-state index contributed by atoms with van der Waals surface area (Å²) in [5.41, 5.74) is 13.8. The third-order valence-corrected chi connectivity index (χ3v) is 7.54. The number of aryl methyl sites for hydroxylation is 1. The van der Waals surface area contributed by atoms with Crippen LogP contribution in [0.5, 0.6) is 0 Å². The predicted molar refractivity (Wildman–Crippen MR) is 152 cm³/mol. The third kappa shape index (κ3) is 5.49. The van der Waals surface area contributed by atoms with E-state index >= 15 is 0 Å². The van der Waals surface area contributed by atoms with Crippen LogP contribution in [-0.2, 0) is 12.8 Å². The van der Waals surface area contributed by atoms with E-state index in [0.717, 1.165) is 44.5 Å². The van der Waals surface area contributed by atoms with Crippen molar-refractivity contribution in [3.63, 3.8) is 0 Å². The third-order valence-electron chi connectivity index (χ3n) is 6.93. The Hall–Kier alpha value is -2.19. The van der Waals surface area contributed by atoms with Crippen LogP contribution in [0.15, 0.2) is 60.2 Å². The number of hydrogen-bond acceptors (Lipinski definition) is 2. The summed E-state index contributed by atoms with van der Waals surface area (Å²) in [6.07, 6.45) is 8.75. The molecule has 0 amide bonds. The Morgan fingerprint density at radius 1 is 1.03 bits per heavy atom. The summed E-state index contributed by atoms with van der Waals surface area (Å²) in [7, 11) is 0. The second-order valence-corrected chi connectivity index (χ2v) is 9.89. The van der Waals surface area contributed by atoms with E-state index in [1.807, 2.05) is 11.8 Å². The van der Waals surface area contributed by atoms with Gasteiger partial charge in [-0.15, -0.1) is 0 Å². The normalized spacial score (nSPS) is 14.5. The van der Waals surface area contributed by atoms with Crippen LogP contribution in [0.1, 0.15) is 75.3 Å². The van der Waals surface area contributed by atoms with Crippen LogP contribution >= 0.6 is 11.8 Å². The number of rotatable bonds is 10. The average Bonchev–Trinajstić information content (AvgIpc) is 2.84. The fourth-order valence-electron chi connectivity index (χ4n) is 4.96. The first-order chi connectivity index (χ1) is 16.0. The first-order valence-electron chi connectivity index (χ1n) is 12.6. The van der Waals surface area contributed by atoms with Crippen molar-refractivity contribution >= 4 is 28.6 Å². The maximum atomic E-state index is 4.53. The van der Waals surface area contributed by atoms with Crippen LogP contribution in [0, 0.1) is 0 Å². The van der Waals surface area contributed by atoms with E-state index in [1.165, 1.54) is 55.8 Å². The Morgan fingerprint density at radius 2 is 1.76 bits per heavy atom. The van der Waals surface area contributed by atoms with E-state index < -0.39 is 0 Å². The lowest BCUT2D eigenvalue weighted by molar-refractivity contribution is 0.864. The highest BCUT2D eigenvalue weighted by Gasteiger charge is 2.24. The minimum absolute atomic E-state index is 1.02. The predicted octanol–water partition coefficient (Wildman–Crippen LogP) is 8.58. The van der Waals surface area contributed by atoms with Crippen LogP contribution in [-0.4, -0.2) is 25.1 Å². The van der Waals surface area contributed by atoms with Gasteiger partial charge in [0.1, 0.15) is 0 Å². The van der Waals surface area contributed by atoms with Gasteiger partial charge in [0, 0.05) is 18.8 Å². The lowest BCUT2D eigenvalue weighted by Gasteiger charge is -2.29. The second kappa shape index (κ2) is 11.8. The smallest absolute Gasteiger partial charge is 0.0369 e. The van der Waals surface area contributed by atoms with Crippen molar-refractivity contribution in [1.82, 2.24) is 0 Å². The topological polar surface area (TPSA) is 3.24 Å². The van der Waals surface area contributed by atoms with Crippen molar-refractivity contribution in [3.8, 4) is 0 Å². The highest BCUT2D eigenvalue weighted by molar-refractivity contribution is 7.98. The number of allylic oxidation sites excluding steroid dienone is 4. The molecule has 2 aromatic carbocycles. The van der Waals surface area contributed by atoms with Gasteiger partial charge < -0.3 is 4.90 Å². The molecule has 0 saturated heterocycles. The molecule has 0 fully saturated rings. The van der Waals surface area contributed by atoms with Gasteiger partial charge in [0.2, 0.25) is 0 Å². The van der Waals surface area contributed by atoms with E-state index in [1.54, 1.807) is 0 Å². The maximum absolute atomic E-state index is 4.53. The number of anilines is 1. The minimum Gasteiger partial charge on any atom is -0.372 e. The number of thioether (sulfide) groups is 1. The Kier molecular flexibility index (Phi) is 9.09. The van der Waals surface area contributed by atoms with Crippen molar-refractivity contribution in [2.45, 2.75) is 60.3 Å². The zero-order valence-electron chi connectivity index (χ0n) is 21.6. The molecule has 0 spiro atoms. The molecule has 176 valence electrons. The van der Waals surface area contributed by atoms with Gasteiger partial charge in [-0.05, 0) is 121 Å². The molecule has 1 aliphatic carbocycles. The summed E-state index contributed by atoms with van der Waals surface area (Å²) in [5.74, 6) is 1.11. The molecule has 0 aliphatic heterocycles. The molecular formula is C31H41NS. The highest BCUT2D eigenvalue weighted by atomic mass is 32.2. The molecule has 0 bridgehead atoms. The molecule has 2 aromatic rings. The van der Waals surface area contributed by atoms with Crippen LogP contribution in [0.4, 0.5) is 5.69 Å². The molecule has 33 heavy (non-hydrogen) atoms. The molecule has 0 aromatic heterocycles. The fraction of sp³-hybridized carbons (Fsp3) is 0.419. The Morgan fingerprint density at radius 3 is 2.39 bits per heavy atom. The Labute approximate surface area is 206 Å². The summed E-state index contributed by atoms with van der Waals surface area (Å²) in [6.45, 7) is 17.9. The Balaban J connectivity index is 2.23. The SMILES string of the molecule is C=C(CCSC)c1cc(CC)ccc1C1=C(C)/C(=C/CC)Cc2cc(N(CC)CC)ccc21. The molecule has 3 rings (SSSR count). The van der Waals surface area contributed by atoms with Crippen molar-refractivity contribution in [2.24, 2.45) is 0 Å². The van der Waals surface area contributed by atoms with Crippen LogP contribution in [0.3, 0.4) is 0 Å². The second-order valence-electron chi connectivity index (χ2n) is 8.91. The maximum Gasteiger partial charge on any atom is 0.0369 e. The van der Waals surface area contributed by atoms with Gasteiger partial charge in [-0.1, -0.05) is 50.8 Å². The number of benzene rings is 2. The number of hydrogen-bond donors (Lipinski definition) is 0. The zero-order valence-corrected chi connectivity index (χ0v) is 22.4. The molecule has 1 aliphatic rings. The average molecular weight is 460 g/mol. The number of fused-ring (bicyclic) bond motifs is 1. The molecule has 0 saturated carbocycles. The summed E-state index contributed by atoms with van der Waals surface area (Å²) in [5, 5.41) is 0. The van der Waals surface area contributed by atoms with Crippen molar-refractivity contribution in [2.75, 3.05) is 30.0 Å². The summed E-state index contributed by atoms with van der Waals surface area (Å²) < 4.78 is 0. The summed E-state index contributed by atoms with van der Waals surface area (Å²) >= 11 is 1.89. The molecule has 0 atom stereocenters. The van der Waals surface area contributed by atoms with Gasteiger partial charge in [-0.3, -0.25) is 0 Å². The van der Waals surface area contributed by atoms with Crippen molar-refractivity contribution < 1.29 is 0 Å². The molecule has 0 N–H and O–H groups in total. The lowest BCUT2D eigenvalue weighted by atomic mass is 9.77. The minimum atomic E-state index is 1.02. The van der Waals surface area contributed by atoms with Gasteiger partial charge in [-0.2, -0.15) is 11.8 Å². The van der Waals surface area contributed by atoms with Crippen molar-refractivity contribution in [1.29, 1.82) is 0 Å². The van der Waals surface area contributed by atoms with E-state index in [2.05, 4.69) is 94.8 Å². The molecule has 0 unspecified atom stereocenters. The molecule has 0 radical (unpaired) electrons. The van der Waals surface area contributed by atoms with Gasteiger partial charge in [-0.25, -0.2) is 0 Å². The van der Waals surface area contributed by atoms with Crippen LogP contribution < -0.4 is 4.90 Å². The molecular weight excluding hydrogens is 418 g/mol. The van der Waals surface area contributed by atoms with E-state index in [-0.39, 0.29) is 0 Å². The molecule has 2 heteroatoms. The summed E-state index contributed by atoms with van der Waals surface area (Å²) in [6, 6.07) is 14.2.